The first-order chi connectivity index (χ1) is 13.8. The molecule has 4 nitrogen and oxygen atoms in total. The van der Waals surface area contributed by atoms with E-state index in [4.69, 9.17) is 0 Å². The standard InChI is InChI=1S/C22H15F2N3OS/c1-13(2)14-4-7-18(8-5-14)27-21(28)20(29-22(27)16(11-25)12-26)9-15-3-6-17(23)10-19(15)24/h3-10,13H,1-2H3/b20-9+. The zero-order chi connectivity index (χ0) is 21.1. The summed E-state index contributed by atoms with van der Waals surface area (Å²) in [5.74, 6) is -1.23. The second kappa shape index (κ2) is 8.22. The lowest BCUT2D eigenvalue weighted by Crippen LogP contribution is -2.30. The van der Waals surface area contributed by atoms with Crippen LogP contribution in [0.2, 0.25) is 0 Å². The molecule has 0 saturated carbocycles. The maximum Gasteiger partial charge on any atom is 0.273 e. The Morgan fingerprint density at radius 2 is 1.76 bits per heavy atom. The van der Waals surface area contributed by atoms with Crippen LogP contribution < -0.4 is 14.8 Å². The molecule has 0 atom stereocenters. The van der Waals surface area contributed by atoms with Crippen LogP contribution in [-0.4, -0.2) is 4.57 Å². The fourth-order valence-corrected chi connectivity index (χ4v) is 3.82. The molecule has 0 amide bonds. The number of rotatable bonds is 3. The third kappa shape index (κ3) is 4.01. The maximum absolute atomic E-state index is 14.0. The molecule has 144 valence electrons. The maximum atomic E-state index is 14.0. The van der Waals surface area contributed by atoms with Gasteiger partial charge in [0.15, 0.2) is 5.57 Å². The predicted molar refractivity (Wildman–Crippen MR) is 108 cm³/mol. The number of thiazole rings is 1. The molecular weight excluding hydrogens is 392 g/mol. The molecule has 0 aliphatic heterocycles. The third-order valence-electron chi connectivity index (χ3n) is 4.33. The van der Waals surface area contributed by atoms with Crippen LogP contribution in [0, 0.1) is 34.3 Å². The van der Waals surface area contributed by atoms with Crippen molar-refractivity contribution in [3.63, 3.8) is 0 Å². The Labute approximate surface area is 169 Å². The molecule has 0 saturated heterocycles. The molecule has 1 heterocycles. The highest BCUT2D eigenvalue weighted by Crippen LogP contribution is 2.16. The summed E-state index contributed by atoms with van der Waals surface area (Å²) in [6.45, 7) is 4.08. The van der Waals surface area contributed by atoms with E-state index in [0.29, 0.717) is 11.6 Å². The molecular formula is C22H15F2N3OS. The van der Waals surface area contributed by atoms with E-state index in [-0.39, 0.29) is 20.3 Å². The summed E-state index contributed by atoms with van der Waals surface area (Å²) in [5, 5.41) is 18.6. The monoisotopic (exact) mass is 407 g/mol. The SMILES string of the molecule is CC(C)c1ccc(-n2c(=C(C#N)C#N)s/c(=C/c3ccc(F)cc3F)c2=O)cc1. The van der Waals surface area contributed by atoms with Crippen LogP contribution in [0.3, 0.4) is 0 Å². The molecule has 0 spiro atoms. The second-order valence-electron chi connectivity index (χ2n) is 6.57. The van der Waals surface area contributed by atoms with Crippen molar-refractivity contribution in [2.45, 2.75) is 19.8 Å². The van der Waals surface area contributed by atoms with Crippen LogP contribution in [0.5, 0.6) is 0 Å². The lowest BCUT2D eigenvalue weighted by atomic mass is 10.0. The van der Waals surface area contributed by atoms with Crippen molar-refractivity contribution < 1.29 is 8.78 Å². The second-order valence-corrected chi connectivity index (χ2v) is 7.60. The predicted octanol–water partition coefficient (Wildman–Crippen LogP) is 3.33. The number of hydrogen-bond acceptors (Lipinski definition) is 4. The van der Waals surface area contributed by atoms with Crippen LogP contribution in [0.15, 0.2) is 47.3 Å². The van der Waals surface area contributed by atoms with Crippen LogP contribution in [-0.2, 0) is 0 Å². The van der Waals surface area contributed by atoms with Crippen molar-refractivity contribution in [1.29, 1.82) is 10.5 Å². The first kappa shape index (κ1) is 20.2. The molecule has 29 heavy (non-hydrogen) atoms. The van der Waals surface area contributed by atoms with Gasteiger partial charge in [-0.25, -0.2) is 8.78 Å². The lowest BCUT2D eigenvalue weighted by molar-refractivity contribution is 0.581. The van der Waals surface area contributed by atoms with Gasteiger partial charge in [-0.05, 0) is 41.8 Å². The van der Waals surface area contributed by atoms with Gasteiger partial charge in [-0.15, -0.1) is 11.3 Å². The van der Waals surface area contributed by atoms with E-state index in [1.165, 1.54) is 16.7 Å². The number of benzene rings is 2. The summed E-state index contributed by atoms with van der Waals surface area (Å²) in [4.78, 5) is 13.0. The van der Waals surface area contributed by atoms with Crippen LogP contribution in [0.4, 0.5) is 8.78 Å². The molecule has 0 aliphatic rings. The van der Waals surface area contributed by atoms with E-state index in [0.717, 1.165) is 29.0 Å². The van der Waals surface area contributed by atoms with E-state index < -0.39 is 17.2 Å². The first-order valence-electron chi connectivity index (χ1n) is 8.69. The topological polar surface area (TPSA) is 69.6 Å². The molecule has 3 rings (SSSR count). The molecule has 0 fully saturated rings. The first-order valence-corrected chi connectivity index (χ1v) is 9.50. The van der Waals surface area contributed by atoms with Gasteiger partial charge in [0.05, 0.1) is 10.2 Å². The van der Waals surface area contributed by atoms with Crippen LogP contribution in [0.1, 0.15) is 30.9 Å². The highest BCUT2D eigenvalue weighted by atomic mass is 32.1. The average molecular weight is 407 g/mol. The minimum Gasteiger partial charge on any atom is -0.267 e. The van der Waals surface area contributed by atoms with E-state index in [9.17, 15) is 24.1 Å². The van der Waals surface area contributed by atoms with Gasteiger partial charge in [0, 0.05) is 11.6 Å². The van der Waals surface area contributed by atoms with Gasteiger partial charge in [0.25, 0.3) is 5.56 Å². The molecule has 3 aromatic rings. The summed E-state index contributed by atoms with van der Waals surface area (Å²) < 4.78 is 28.7. The summed E-state index contributed by atoms with van der Waals surface area (Å²) >= 11 is 0.909. The van der Waals surface area contributed by atoms with E-state index in [1.807, 2.05) is 26.0 Å². The number of nitriles is 2. The van der Waals surface area contributed by atoms with Crippen molar-refractivity contribution in [1.82, 2.24) is 4.57 Å². The lowest BCUT2D eigenvalue weighted by Gasteiger charge is -2.07. The van der Waals surface area contributed by atoms with Crippen molar-refractivity contribution in [3.8, 4) is 17.8 Å². The zero-order valence-corrected chi connectivity index (χ0v) is 16.4. The van der Waals surface area contributed by atoms with Crippen molar-refractivity contribution in [2.24, 2.45) is 0 Å². The Morgan fingerprint density at radius 3 is 2.31 bits per heavy atom. The summed E-state index contributed by atoms with van der Waals surface area (Å²) in [7, 11) is 0. The van der Waals surface area contributed by atoms with Gasteiger partial charge in [0.1, 0.15) is 28.4 Å². The highest BCUT2D eigenvalue weighted by Gasteiger charge is 2.12. The van der Waals surface area contributed by atoms with Crippen molar-refractivity contribution in [2.75, 3.05) is 0 Å². The molecule has 0 radical (unpaired) electrons. The highest BCUT2D eigenvalue weighted by molar-refractivity contribution is 7.07. The number of aromatic nitrogens is 1. The number of nitrogens with zero attached hydrogens (tertiary/aromatic N) is 3. The van der Waals surface area contributed by atoms with Crippen molar-refractivity contribution >= 4 is 23.0 Å². The van der Waals surface area contributed by atoms with Gasteiger partial charge < -0.3 is 0 Å². The largest absolute Gasteiger partial charge is 0.273 e. The summed E-state index contributed by atoms with van der Waals surface area (Å²) in [6, 6.07) is 13.9. The Balaban J connectivity index is 2.33. The Bertz CT molecular complexity index is 1320. The van der Waals surface area contributed by atoms with Crippen molar-refractivity contribution in [3.05, 3.63) is 84.8 Å². The quantitative estimate of drug-likeness (QED) is 0.669. The Kier molecular flexibility index (Phi) is 5.72. The molecule has 2 aromatic carbocycles. The van der Waals surface area contributed by atoms with Crippen LogP contribution >= 0.6 is 11.3 Å². The molecule has 0 unspecified atom stereocenters. The Morgan fingerprint density at radius 1 is 1.10 bits per heavy atom. The molecule has 0 aliphatic carbocycles. The van der Waals surface area contributed by atoms with E-state index >= 15 is 0 Å². The smallest absolute Gasteiger partial charge is 0.267 e. The number of hydrogen-bond donors (Lipinski definition) is 0. The van der Waals surface area contributed by atoms with Gasteiger partial charge in [-0.3, -0.25) is 9.36 Å². The average Bonchev–Trinajstić information content (AvgIpc) is 3.01. The summed E-state index contributed by atoms with van der Waals surface area (Å²) in [6.07, 6.45) is 1.29. The molecule has 1 aromatic heterocycles. The van der Waals surface area contributed by atoms with Gasteiger partial charge in [-0.1, -0.05) is 26.0 Å². The minimum atomic E-state index is -0.808. The minimum absolute atomic E-state index is 0.0362. The fraction of sp³-hybridized carbons (Fsp3) is 0.136. The molecule has 0 bridgehead atoms. The zero-order valence-electron chi connectivity index (χ0n) is 15.6. The van der Waals surface area contributed by atoms with E-state index in [2.05, 4.69) is 0 Å². The molecule has 0 N–H and O–H groups in total. The normalized spacial score (nSPS) is 11.3. The Hall–Kier alpha value is -3.55. The number of halogens is 2. The van der Waals surface area contributed by atoms with Gasteiger partial charge in [0.2, 0.25) is 0 Å². The van der Waals surface area contributed by atoms with Gasteiger partial charge >= 0.3 is 0 Å². The fourth-order valence-electron chi connectivity index (χ4n) is 2.77. The third-order valence-corrected chi connectivity index (χ3v) is 5.42. The van der Waals surface area contributed by atoms with E-state index in [1.54, 1.807) is 24.3 Å². The van der Waals surface area contributed by atoms with Gasteiger partial charge in [-0.2, -0.15) is 10.5 Å². The molecule has 7 heteroatoms. The summed E-state index contributed by atoms with van der Waals surface area (Å²) in [5.41, 5.74) is 0.888. The van der Waals surface area contributed by atoms with Crippen LogP contribution in [0.25, 0.3) is 17.3 Å².